The third kappa shape index (κ3) is 6.67. The second-order valence-electron chi connectivity index (χ2n) is 7.97. The fourth-order valence-corrected chi connectivity index (χ4v) is 3.59. The number of benzene rings is 2. The Labute approximate surface area is 194 Å². The number of anilines is 1. The summed E-state index contributed by atoms with van der Waals surface area (Å²) < 4.78 is 0. The van der Waals surface area contributed by atoms with Crippen molar-refractivity contribution in [1.29, 1.82) is 0 Å². The molecule has 0 aliphatic carbocycles. The van der Waals surface area contributed by atoms with E-state index >= 15 is 0 Å². The number of rotatable bonds is 11. The summed E-state index contributed by atoms with van der Waals surface area (Å²) in [6.07, 6.45) is 7.89. The Morgan fingerprint density at radius 3 is 2.67 bits per heavy atom. The van der Waals surface area contributed by atoms with Crippen molar-refractivity contribution in [2.24, 2.45) is 0 Å². The first-order chi connectivity index (χ1) is 16.0. The van der Waals surface area contributed by atoms with E-state index in [0.29, 0.717) is 41.9 Å². The zero-order chi connectivity index (χ0) is 23.6. The van der Waals surface area contributed by atoms with Crippen molar-refractivity contribution < 1.29 is 4.79 Å². The maximum Gasteiger partial charge on any atom is 0.258 e. The van der Waals surface area contributed by atoms with Crippen LogP contribution in [-0.4, -0.2) is 42.1 Å². The average molecular weight is 446 g/mol. The van der Waals surface area contributed by atoms with Gasteiger partial charge in [0, 0.05) is 30.9 Å². The number of amides is 1. The van der Waals surface area contributed by atoms with Crippen molar-refractivity contribution >= 4 is 22.5 Å². The molecule has 0 atom stereocenters. The number of hydrogen-bond donors (Lipinski definition) is 3. The molecule has 3 N–H and O–H groups in total. The minimum Gasteiger partial charge on any atom is -0.356 e. The van der Waals surface area contributed by atoms with Crippen LogP contribution in [0.25, 0.3) is 10.9 Å². The monoisotopic (exact) mass is 445 g/mol. The largest absolute Gasteiger partial charge is 0.356 e. The van der Waals surface area contributed by atoms with Gasteiger partial charge in [-0.1, -0.05) is 25.3 Å². The number of terminal acetylenes is 1. The molecule has 0 saturated heterocycles. The molecule has 0 bridgehead atoms. The molecule has 0 spiro atoms. The van der Waals surface area contributed by atoms with Crippen molar-refractivity contribution in [3.63, 3.8) is 0 Å². The summed E-state index contributed by atoms with van der Waals surface area (Å²) >= 11 is 0. The normalized spacial score (nSPS) is 10.7. The first-order valence-corrected chi connectivity index (χ1v) is 11.3. The molecule has 1 heterocycles. The van der Waals surface area contributed by atoms with E-state index in [2.05, 4.69) is 33.4 Å². The molecule has 7 heteroatoms. The molecule has 0 aliphatic heterocycles. The fraction of sp³-hybridized carbons (Fsp3) is 0.346. The van der Waals surface area contributed by atoms with Gasteiger partial charge >= 0.3 is 0 Å². The summed E-state index contributed by atoms with van der Waals surface area (Å²) in [5.74, 6) is 3.18. The van der Waals surface area contributed by atoms with E-state index in [0.717, 1.165) is 37.2 Å². The van der Waals surface area contributed by atoms with E-state index in [9.17, 15) is 9.59 Å². The number of hydrogen-bond acceptors (Lipinski definition) is 5. The van der Waals surface area contributed by atoms with Crippen LogP contribution in [0.4, 0.5) is 5.69 Å². The number of aromatic amines is 1. The first-order valence-electron chi connectivity index (χ1n) is 11.3. The molecular formula is C26H31N5O2. The van der Waals surface area contributed by atoms with Gasteiger partial charge in [0.25, 0.3) is 11.5 Å². The molecule has 3 aromatic rings. The molecule has 1 aromatic heterocycles. The highest BCUT2D eigenvalue weighted by Crippen LogP contribution is 2.19. The van der Waals surface area contributed by atoms with Crippen LogP contribution in [0.3, 0.4) is 0 Å². The predicted molar refractivity (Wildman–Crippen MR) is 134 cm³/mol. The molecule has 0 fully saturated rings. The Balaban J connectivity index is 1.66. The standard InChI is InChI=1S/C26H31N5O2/c1-4-6-13-27-14-15-28-25(32)21-8-10-22(11-9-21)31(16-5-2)18-20-7-12-24-23(17-20)26(33)30-19(3)29-24/h2,7-12,17,27H,4,6,13-16,18H2,1,3H3,(H,28,32)(H,29,30,33). The Hall–Kier alpha value is -3.63. The second-order valence-corrected chi connectivity index (χ2v) is 7.97. The van der Waals surface area contributed by atoms with E-state index in [-0.39, 0.29) is 11.5 Å². The summed E-state index contributed by atoms with van der Waals surface area (Å²) in [5.41, 5.74) is 2.97. The van der Waals surface area contributed by atoms with Crippen LogP contribution in [0, 0.1) is 19.3 Å². The molecule has 0 aliphatic rings. The molecular weight excluding hydrogens is 414 g/mol. The number of H-pyrrole nitrogens is 1. The van der Waals surface area contributed by atoms with Crippen molar-refractivity contribution in [3.05, 3.63) is 69.8 Å². The minimum atomic E-state index is -0.154. The summed E-state index contributed by atoms with van der Waals surface area (Å²) in [4.78, 5) is 33.8. The Morgan fingerprint density at radius 2 is 1.94 bits per heavy atom. The minimum absolute atomic E-state index is 0.0983. The highest BCUT2D eigenvalue weighted by atomic mass is 16.1. The van der Waals surface area contributed by atoms with Gasteiger partial charge < -0.3 is 20.5 Å². The van der Waals surface area contributed by atoms with Crippen LogP contribution in [0.2, 0.25) is 0 Å². The summed E-state index contributed by atoms with van der Waals surface area (Å²) in [7, 11) is 0. The third-order valence-corrected chi connectivity index (χ3v) is 5.33. The van der Waals surface area contributed by atoms with E-state index in [4.69, 9.17) is 6.42 Å². The van der Waals surface area contributed by atoms with Crippen molar-refractivity contribution in [3.8, 4) is 12.3 Å². The number of nitrogens with zero attached hydrogens (tertiary/aromatic N) is 2. The lowest BCUT2D eigenvalue weighted by Gasteiger charge is -2.23. The van der Waals surface area contributed by atoms with E-state index in [1.807, 2.05) is 35.2 Å². The number of carbonyl (C=O) groups excluding carboxylic acids is 1. The number of nitrogens with one attached hydrogen (secondary N) is 3. The summed E-state index contributed by atoms with van der Waals surface area (Å²) in [5, 5.41) is 6.79. The van der Waals surface area contributed by atoms with E-state index in [1.54, 1.807) is 19.1 Å². The van der Waals surface area contributed by atoms with E-state index < -0.39 is 0 Å². The van der Waals surface area contributed by atoms with E-state index in [1.165, 1.54) is 0 Å². The van der Waals surface area contributed by atoms with Crippen LogP contribution in [-0.2, 0) is 6.54 Å². The van der Waals surface area contributed by atoms with Gasteiger partial charge in [0.2, 0.25) is 0 Å². The predicted octanol–water partition coefficient (Wildman–Crippen LogP) is 2.99. The van der Waals surface area contributed by atoms with Crippen LogP contribution >= 0.6 is 0 Å². The smallest absolute Gasteiger partial charge is 0.258 e. The zero-order valence-electron chi connectivity index (χ0n) is 19.3. The van der Waals surface area contributed by atoms with Crippen molar-refractivity contribution in [1.82, 2.24) is 20.6 Å². The van der Waals surface area contributed by atoms with Gasteiger partial charge in [0.15, 0.2) is 0 Å². The Morgan fingerprint density at radius 1 is 1.15 bits per heavy atom. The number of aromatic nitrogens is 2. The topological polar surface area (TPSA) is 90.1 Å². The van der Waals surface area contributed by atoms with Gasteiger partial charge in [-0.25, -0.2) is 4.98 Å². The van der Waals surface area contributed by atoms with Crippen LogP contribution in [0.1, 0.15) is 41.5 Å². The molecule has 0 radical (unpaired) electrons. The zero-order valence-corrected chi connectivity index (χ0v) is 19.3. The summed E-state index contributed by atoms with van der Waals surface area (Å²) in [6, 6.07) is 13.0. The number of unbranched alkanes of at least 4 members (excludes halogenated alkanes) is 1. The molecule has 2 aromatic carbocycles. The first kappa shape index (κ1) is 24.0. The molecule has 1 amide bonds. The molecule has 172 valence electrons. The fourth-order valence-electron chi connectivity index (χ4n) is 3.59. The second kappa shape index (κ2) is 11.8. The lowest BCUT2D eigenvalue weighted by atomic mass is 10.1. The van der Waals surface area contributed by atoms with Gasteiger partial charge in [-0.2, -0.15) is 0 Å². The quantitative estimate of drug-likeness (QED) is 0.312. The number of fused-ring (bicyclic) bond motifs is 1. The highest BCUT2D eigenvalue weighted by molar-refractivity contribution is 5.94. The third-order valence-electron chi connectivity index (χ3n) is 5.33. The van der Waals surface area contributed by atoms with Gasteiger partial charge in [-0.15, -0.1) is 6.42 Å². The van der Waals surface area contributed by atoms with Gasteiger partial charge in [-0.3, -0.25) is 9.59 Å². The van der Waals surface area contributed by atoms with Crippen LogP contribution in [0.5, 0.6) is 0 Å². The molecule has 3 rings (SSSR count). The van der Waals surface area contributed by atoms with Crippen molar-refractivity contribution in [2.75, 3.05) is 31.1 Å². The maximum atomic E-state index is 12.4. The Bertz CT molecular complexity index is 1180. The van der Waals surface area contributed by atoms with Gasteiger partial charge in [-0.05, 0) is 61.9 Å². The number of aryl methyl sites for hydroxylation is 1. The summed E-state index contributed by atoms with van der Waals surface area (Å²) in [6.45, 7) is 7.15. The van der Waals surface area contributed by atoms with Gasteiger partial charge in [0.1, 0.15) is 5.82 Å². The molecule has 33 heavy (non-hydrogen) atoms. The van der Waals surface area contributed by atoms with Crippen LogP contribution < -0.4 is 21.1 Å². The van der Waals surface area contributed by atoms with Crippen LogP contribution in [0.15, 0.2) is 47.3 Å². The molecule has 0 saturated carbocycles. The molecule has 0 unspecified atom stereocenters. The Kier molecular flexibility index (Phi) is 8.62. The lowest BCUT2D eigenvalue weighted by Crippen LogP contribution is -2.32. The van der Waals surface area contributed by atoms with Crippen molar-refractivity contribution in [2.45, 2.75) is 33.2 Å². The number of carbonyl (C=O) groups is 1. The highest BCUT2D eigenvalue weighted by Gasteiger charge is 2.11. The SMILES string of the molecule is C#CCN(Cc1ccc2nc(C)[nH]c(=O)c2c1)c1ccc(C(=O)NCCNCCCC)cc1. The average Bonchev–Trinajstić information content (AvgIpc) is 2.81. The molecule has 7 nitrogen and oxygen atoms in total. The lowest BCUT2D eigenvalue weighted by molar-refractivity contribution is 0.0954. The van der Waals surface area contributed by atoms with Gasteiger partial charge in [0.05, 0.1) is 17.4 Å². The maximum absolute atomic E-state index is 12.4.